The maximum atomic E-state index is 12.6. The molecule has 2 aliphatic rings. The highest BCUT2D eigenvalue weighted by molar-refractivity contribution is 6.17. The number of nitrogens with zero attached hydrogens (tertiary/aromatic N) is 1. The third kappa shape index (κ3) is 1.67. The fourth-order valence-corrected chi connectivity index (χ4v) is 4.22. The Balaban J connectivity index is 2.03. The Kier molecular flexibility index (Phi) is 2.62. The summed E-state index contributed by atoms with van der Waals surface area (Å²) < 4.78 is 7.36. The molecule has 0 saturated carbocycles. The summed E-state index contributed by atoms with van der Waals surface area (Å²) in [5.41, 5.74) is 6.23. The monoisotopic (exact) mass is 306 g/mol. The van der Waals surface area contributed by atoms with Crippen molar-refractivity contribution in [3.63, 3.8) is 0 Å². The molecule has 5 rings (SSSR count). The zero-order chi connectivity index (χ0) is 15.6. The van der Waals surface area contributed by atoms with Gasteiger partial charge in [0.1, 0.15) is 5.75 Å². The van der Waals surface area contributed by atoms with Crippen LogP contribution in [0.15, 0.2) is 24.3 Å². The lowest BCUT2D eigenvalue weighted by molar-refractivity contribution is 0.0908. The molecule has 0 aliphatic carbocycles. The Hall–Kier alpha value is -2.33. The van der Waals surface area contributed by atoms with E-state index < -0.39 is 0 Å². The van der Waals surface area contributed by atoms with Gasteiger partial charge in [0.25, 0.3) is 0 Å². The van der Waals surface area contributed by atoms with Crippen LogP contribution in [0.2, 0.25) is 0 Å². The van der Waals surface area contributed by atoms with Gasteiger partial charge in [-0.3, -0.25) is 9.36 Å². The van der Waals surface area contributed by atoms with Crippen molar-refractivity contribution in [1.29, 1.82) is 0 Å². The van der Waals surface area contributed by atoms with Gasteiger partial charge in [-0.2, -0.15) is 0 Å². The predicted octanol–water partition coefficient (Wildman–Crippen LogP) is 3.04. The van der Waals surface area contributed by atoms with Crippen LogP contribution in [0.3, 0.4) is 0 Å². The van der Waals surface area contributed by atoms with E-state index in [1.807, 2.05) is 16.7 Å². The number of hydrogen-bond donors (Lipinski definition) is 1. The largest absolute Gasteiger partial charge is 0.497 e. The van der Waals surface area contributed by atoms with E-state index in [4.69, 9.17) is 4.74 Å². The molecule has 116 valence electrons. The molecule has 0 atom stereocenters. The quantitative estimate of drug-likeness (QED) is 0.751. The number of rotatable bonds is 1. The second-order valence-electron chi connectivity index (χ2n) is 6.44. The second-order valence-corrected chi connectivity index (χ2v) is 6.44. The lowest BCUT2D eigenvalue weighted by atomic mass is 9.90. The smallest absolute Gasteiger partial charge is 0.231 e. The van der Waals surface area contributed by atoms with Crippen LogP contribution < -0.4 is 10.1 Å². The molecule has 0 fully saturated rings. The summed E-state index contributed by atoms with van der Waals surface area (Å²) in [7, 11) is 1.69. The van der Waals surface area contributed by atoms with Crippen molar-refractivity contribution >= 4 is 27.7 Å². The molecule has 4 heteroatoms. The van der Waals surface area contributed by atoms with Crippen molar-refractivity contribution in [3.8, 4) is 5.75 Å². The fraction of sp³-hybridized carbons (Fsp3) is 0.316. The molecule has 1 N–H and O–H groups in total. The molecule has 0 amide bonds. The number of ether oxygens (including phenoxy) is 1. The van der Waals surface area contributed by atoms with E-state index in [0.29, 0.717) is 6.42 Å². The molecule has 3 aromatic rings. The maximum Gasteiger partial charge on any atom is 0.231 e. The van der Waals surface area contributed by atoms with Gasteiger partial charge in [0, 0.05) is 23.7 Å². The van der Waals surface area contributed by atoms with Crippen molar-refractivity contribution in [3.05, 3.63) is 41.0 Å². The Morgan fingerprint density at radius 1 is 1.13 bits per heavy atom. The summed E-state index contributed by atoms with van der Waals surface area (Å²) in [5, 5.41) is 5.88. The molecule has 4 nitrogen and oxygen atoms in total. The van der Waals surface area contributed by atoms with Crippen molar-refractivity contribution in [2.45, 2.75) is 25.8 Å². The normalized spacial score (nSPS) is 16.8. The summed E-state index contributed by atoms with van der Waals surface area (Å²) in [5.74, 6) is 1.05. The van der Waals surface area contributed by atoms with Crippen LogP contribution in [0.4, 0.5) is 0 Å². The minimum absolute atomic E-state index is 0.205. The van der Waals surface area contributed by atoms with Crippen molar-refractivity contribution in [2.75, 3.05) is 13.7 Å². The SMILES string of the molecule is COc1ccc2c(c1)c1c3c(cc4c1n2C(=O)CC4)CNCC3. The molecule has 0 bridgehead atoms. The number of aryl methyl sites for hydroxylation is 1. The molecule has 23 heavy (non-hydrogen) atoms. The minimum atomic E-state index is 0.205. The van der Waals surface area contributed by atoms with Gasteiger partial charge in [-0.25, -0.2) is 0 Å². The van der Waals surface area contributed by atoms with E-state index >= 15 is 0 Å². The minimum Gasteiger partial charge on any atom is -0.497 e. The molecule has 1 aromatic heterocycles. The van der Waals surface area contributed by atoms with Crippen molar-refractivity contribution in [1.82, 2.24) is 9.88 Å². The van der Waals surface area contributed by atoms with E-state index in [2.05, 4.69) is 17.4 Å². The van der Waals surface area contributed by atoms with Crippen LogP contribution in [-0.4, -0.2) is 24.1 Å². The topological polar surface area (TPSA) is 43.3 Å². The van der Waals surface area contributed by atoms with Gasteiger partial charge in [0.05, 0.1) is 18.1 Å². The summed E-state index contributed by atoms with van der Waals surface area (Å²) in [6.45, 7) is 1.91. The van der Waals surface area contributed by atoms with E-state index in [0.717, 1.165) is 48.1 Å². The lowest BCUT2D eigenvalue weighted by Crippen LogP contribution is -2.25. The van der Waals surface area contributed by atoms with Crippen LogP contribution in [0.25, 0.3) is 21.8 Å². The Labute approximate surface area is 134 Å². The number of aromatic nitrogens is 1. The molecule has 0 saturated heterocycles. The van der Waals surface area contributed by atoms with Crippen LogP contribution in [0, 0.1) is 0 Å². The van der Waals surface area contributed by atoms with E-state index in [-0.39, 0.29) is 5.91 Å². The Morgan fingerprint density at radius 3 is 2.91 bits per heavy atom. The van der Waals surface area contributed by atoms with E-state index in [1.165, 1.54) is 22.1 Å². The third-order valence-corrected chi connectivity index (χ3v) is 5.24. The van der Waals surface area contributed by atoms with Gasteiger partial charge in [-0.1, -0.05) is 6.07 Å². The van der Waals surface area contributed by atoms with Gasteiger partial charge < -0.3 is 10.1 Å². The van der Waals surface area contributed by atoms with Crippen LogP contribution in [-0.2, 0) is 19.4 Å². The lowest BCUT2D eigenvalue weighted by Gasteiger charge is -2.22. The molecule has 0 radical (unpaired) electrons. The Morgan fingerprint density at radius 2 is 2.04 bits per heavy atom. The molecule has 3 heterocycles. The predicted molar refractivity (Wildman–Crippen MR) is 90.4 cm³/mol. The number of carbonyl (C=O) groups is 1. The summed E-state index contributed by atoms with van der Waals surface area (Å²) in [6.07, 6.45) is 2.44. The van der Waals surface area contributed by atoms with Gasteiger partial charge in [-0.15, -0.1) is 0 Å². The van der Waals surface area contributed by atoms with Gasteiger partial charge in [0.15, 0.2) is 0 Å². The van der Waals surface area contributed by atoms with E-state index in [1.54, 1.807) is 7.11 Å². The first-order chi connectivity index (χ1) is 11.3. The average molecular weight is 306 g/mol. The number of carbonyl (C=O) groups excluding carboxylic acids is 1. The van der Waals surface area contributed by atoms with Crippen LogP contribution in [0.1, 0.15) is 27.9 Å². The highest BCUT2D eigenvalue weighted by Crippen LogP contribution is 2.40. The van der Waals surface area contributed by atoms with Crippen molar-refractivity contribution < 1.29 is 9.53 Å². The number of fused-ring (bicyclic) bond motifs is 5. The summed E-state index contributed by atoms with van der Waals surface area (Å²) in [4.78, 5) is 12.6. The zero-order valence-electron chi connectivity index (χ0n) is 13.1. The number of hydrogen-bond acceptors (Lipinski definition) is 3. The Bertz CT molecular complexity index is 984. The standard InChI is InChI=1S/C19H18N2O2/c1-23-13-3-4-16-15(9-13)18-14-6-7-20-10-12(14)8-11-2-5-17(22)21(16)19(11)18/h3-4,8-9,20H,2,5-7,10H2,1H3. The fourth-order valence-electron chi connectivity index (χ4n) is 4.22. The maximum absolute atomic E-state index is 12.6. The second kappa shape index (κ2) is 4.59. The zero-order valence-corrected chi connectivity index (χ0v) is 13.1. The first-order valence-electron chi connectivity index (χ1n) is 8.17. The molecule has 2 aromatic carbocycles. The first kappa shape index (κ1) is 13.1. The molecule has 0 spiro atoms. The number of nitrogens with one attached hydrogen (secondary N) is 1. The van der Waals surface area contributed by atoms with Crippen molar-refractivity contribution in [2.24, 2.45) is 0 Å². The average Bonchev–Trinajstić information content (AvgIpc) is 2.94. The first-order valence-corrected chi connectivity index (χ1v) is 8.17. The van der Waals surface area contributed by atoms with Gasteiger partial charge in [0.2, 0.25) is 5.91 Å². The molecule has 2 aliphatic heterocycles. The van der Waals surface area contributed by atoms with Crippen LogP contribution >= 0.6 is 0 Å². The third-order valence-electron chi connectivity index (χ3n) is 5.24. The van der Waals surface area contributed by atoms with Crippen LogP contribution in [0.5, 0.6) is 5.75 Å². The number of benzene rings is 2. The van der Waals surface area contributed by atoms with E-state index in [9.17, 15) is 4.79 Å². The molecular weight excluding hydrogens is 288 g/mol. The summed E-state index contributed by atoms with van der Waals surface area (Å²) >= 11 is 0. The summed E-state index contributed by atoms with van der Waals surface area (Å²) in [6, 6.07) is 8.36. The number of methoxy groups -OCH3 is 1. The highest BCUT2D eigenvalue weighted by Gasteiger charge is 2.27. The molecular formula is C19H18N2O2. The highest BCUT2D eigenvalue weighted by atomic mass is 16.5. The molecule has 0 unspecified atom stereocenters. The van der Waals surface area contributed by atoms with Gasteiger partial charge in [-0.05, 0) is 54.3 Å². The van der Waals surface area contributed by atoms with Gasteiger partial charge >= 0.3 is 0 Å².